The lowest BCUT2D eigenvalue weighted by molar-refractivity contribution is -0.208. The van der Waals surface area contributed by atoms with Gasteiger partial charge in [-0.25, -0.2) is 9.48 Å². The Labute approximate surface area is 298 Å². The topological polar surface area (TPSA) is 186 Å². The van der Waals surface area contributed by atoms with Crippen molar-refractivity contribution in [3.05, 3.63) is 11.5 Å². The van der Waals surface area contributed by atoms with Gasteiger partial charge in [0.2, 0.25) is 10.6 Å². The molecule has 3 fully saturated rings. The van der Waals surface area contributed by atoms with Crippen LogP contribution in [0.15, 0.2) is 6.20 Å². The monoisotopic (exact) mass is 763 g/mol. The van der Waals surface area contributed by atoms with Gasteiger partial charge in [-0.2, -0.15) is 15.1 Å². The number of halogens is 1. The highest BCUT2D eigenvalue weighted by molar-refractivity contribution is 7.55. The van der Waals surface area contributed by atoms with Gasteiger partial charge in [0, 0.05) is 20.7 Å². The number of carboxylic acid groups (broad SMARTS) is 1. The number of nitrogens with zero attached hydrogens (tertiary/aromatic N) is 5. The number of carbonyl (C=O) groups is 1. The highest BCUT2D eigenvalue weighted by Crippen LogP contribution is 2.61. The van der Waals surface area contributed by atoms with E-state index in [2.05, 4.69) is 34.7 Å². The Morgan fingerprint density at radius 2 is 1.82 bits per heavy atom. The molecule has 0 radical (unpaired) electrons. The summed E-state index contributed by atoms with van der Waals surface area (Å²) in [5, 5.41) is 23.9. The van der Waals surface area contributed by atoms with Crippen molar-refractivity contribution in [3.63, 3.8) is 0 Å². The lowest BCUT2D eigenvalue weighted by Gasteiger charge is -2.38. The fraction of sp³-hybridized carbons (Fsp3) is 0.806. The van der Waals surface area contributed by atoms with Crippen LogP contribution in [0.2, 0.25) is 31.0 Å². The molecule has 1 saturated carbocycles. The summed E-state index contributed by atoms with van der Waals surface area (Å²) in [5.41, 5.74) is 0.251. The average molecular weight is 764 g/mol. The number of fused-ring (bicyclic) bond motifs is 2. The van der Waals surface area contributed by atoms with E-state index in [-0.39, 0.29) is 49.2 Å². The molecule has 2 aromatic rings. The molecule has 2 N–H and O–H groups in total. The summed E-state index contributed by atoms with van der Waals surface area (Å²) in [7, 11) is -5.56. The molecule has 19 heteroatoms. The van der Waals surface area contributed by atoms with E-state index in [0.717, 1.165) is 18.9 Å². The molecular formula is C31H51ClN5O11PSi. The van der Waals surface area contributed by atoms with E-state index >= 15 is 0 Å². The first-order valence-electron chi connectivity index (χ1n) is 17.2. The van der Waals surface area contributed by atoms with E-state index in [1.807, 2.05) is 0 Å². The van der Waals surface area contributed by atoms with Gasteiger partial charge in [0.1, 0.15) is 18.3 Å². The predicted molar refractivity (Wildman–Crippen MR) is 186 cm³/mol. The zero-order chi connectivity index (χ0) is 36.5. The number of ether oxygens (including phenoxy) is 5. The highest BCUT2D eigenvalue weighted by Gasteiger charge is 2.59. The van der Waals surface area contributed by atoms with E-state index in [1.165, 1.54) is 15.8 Å². The van der Waals surface area contributed by atoms with E-state index < -0.39 is 64.0 Å². The van der Waals surface area contributed by atoms with Gasteiger partial charge in [0.15, 0.2) is 23.5 Å². The Morgan fingerprint density at radius 3 is 2.42 bits per heavy atom. The van der Waals surface area contributed by atoms with E-state index in [4.69, 9.17) is 44.3 Å². The molecule has 16 nitrogen and oxygen atoms in total. The smallest absolute Gasteiger partial charge is 0.413 e. The molecule has 0 aromatic carbocycles. The van der Waals surface area contributed by atoms with Crippen LogP contribution in [0.1, 0.15) is 59.6 Å². The minimum atomic E-state index is -4.10. The fourth-order valence-electron chi connectivity index (χ4n) is 6.66. The molecule has 3 aliphatic rings. The second-order valence-electron chi connectivity index (χ2n) is 14.5. The zero-order valence-corrected chi connectivity index (χ0v) is 32.5. The molecule has 0 bridgehead atoms. The summed E-state index contributed by atoms with van der Waals surface area (Å²) >= 11 is 6.40. The molecule has 0 spiro atoms. The zero-order valence-electron chi connectivity index (χ0n) is 29.9. The van der Waals surface area contributed by atoms with Crippen LogP contribution in [-0.4, -0.2) is 119 Å². The van der Waals surface area contributed by atoms with Gasteiger partial charge in [-0.05, 0) is 58.2 Å². The van der Waals surface area contributed by atoms with Gasteiger partial charge >= 0.3 is 13.7 Å². The molecule has 1 amide bonds. The molecule has 2 aromatic heterocycles. The molecule has 1 unspecified atom stereocenters. The summed E-state index contributed by atoms with van der Waals surface area (Å²) in [6.07, 6.45) is 0.449. The number of hydrogen-bond donors (Lipinski definition) is 2. The summed E-state index contributed by atoms with van der Waals surface area (Å²) < 4.78 is 58.6. The first kappa shape index (κ1) is 39.4. The maximum atomic E-state index is 14.3. The number of rotatable bonds is 17. The van der Waals surface area contributed by atoms with E-state index in [1.54, 1.807) is 27.7 Å². The number of anilines is 1. The summed E-state index contributed by atoms with van der Waals surface area (Å²) in [6, 6.07) is 0.596. The first-order chi connectivity index (χ1) is 23.6. The molecule has 1 aliphatic carbocycles. The largest absolute Gasteiger partial charge is 0.465 e. The first-order valence-corrected chi connectivity index (χ1v) is 22.9. The fourth-order valence-corrected chi connectivity index (χ4v) is 9.46. The van der Waals surface area contributed by atoms with Crippen LogP contribution in [0.5, 0.6) is 0 Å². The Hall–Kier alpha value is -1.76. The lowest BCUT2D eigenvalue weighted by atomic mass is 10.1. The Bertz CT molecular complexity index is 1530. The second-order valence-corrected chi connectivity index (χ2v) is 22.8. The predicted octanol–water partition coefficient (Wildman–Crippen LogP) is 5.65. The Kier molecular flexibility index (Phi) is 12.4. The number of aromatic nitrogens is 4. The lowest BCUT2D eigenvalue weighted by Crippen LogP contribution is -2.46. The van der Waals surface area contributed by atoms with Crippen LogP contribution in [0.3, 0.4) is 0 Å². The summed E-state index contributed by atoms with van der Waals surface area (Å²) in [4.78, 5) is 22.5. The van der Waals surface area contributed by atoms with Crippen molar-refractivity contribution in [1.29, 1.82) is 0 Å². The molecule has 5 rings (SSSR count). The van der Waals surface area contributed by atoms with Gasteiger partial charge in [-0.1, -0.05) is 32.5 Å². The van der Waals surface area contributed by atoms with Gasteiger partial charge in [0.25, 0.3) is 0 Å². The third kappa shape index (κ3) is 8.23. The van der Waals surface area contributed by atoms with Crippen molar-refractivity contribution in [2.45, 2.75) is 121 Å². The minimum Gasteiger partial charge on any atom is -0.465 e. The number of hydrogen-bond acceptors (Lipinski definition) is 13. The van der Waals surface area contributed by atoms with Crippen molar-refractivity contribution in [1.82, 2.24) is 19.7 Å². The van der Waals surface area contributed by atoms with Crippen molar-refractivity contribution in [3.8, 4) is 0 Å². The van der Waals surface area contributed by atoms with Crippen molar-refractivity contribution in [2.24, 2.45) is 0 Å². The minimum absolute atomic E-state index is 0.0496. The van der Waals surface area contributed by atoms with Crippen molar-refractivity contribution < 1.29 is 52.3 Å². The maximum Gasteiger partial charge on any atom is 0.413 e. The molecule has 2 aliphatic heterocycles. The summed E-state index contributed by atoms with van der Waals surface area (Å²) in [5.74, 6) is -0.868. The van der Waals surface area contributed by atoms with Gasteiger partial charge in [-0.15, -0.1) is 0 Å². The van der Waals surface area contributed by atoms with Crippen LogP contribution >= 0.6 is 19.2 Å². The average Bonchev–Trinajstić information content (AvgIpc) is 3.81. The number of aliphatic hydroxyl groups excluding tert-OH is 1. The number of aliphatic hydroxyl groups is 1. The second kappa shape index (κ2) is 15.7. The quantitative estimate of drug-likeness (QED) is 0.0871. The van der Waals surface area contributed by atoms with Gasteiger partial charge in [0.05, 0.1) is 44.6 Å². The van der Waals surface area contributed by atoms with Crippen LogP contribution < -0.4 is 4.90 Å². The molecule has 2 saturated heterocycles. The molecule has 5 atom stereocenters. The van der Waals surface area contributed by atoms with E-state index in [9.17, 15) is 19.6 Å². The standard InChI is InChI=1S/C31H51ClN5O11PSi/c1-8-44-49(41,45-9-2)31(18-38,19-42-14-15-50(5,6)7)43-17-22-23-24(48-30(3,4)47-23)27(46-22)37-26-21(16-33-37)25(34-28(32)35-26)36(29(39)40)20-12-10-11-13-20/h16,20,22-24,27,38H,8-15,17-19H2,1-7H3,(H,39,40)/t22-,23-,24-,27-,31?/m1/s1. The normalized spacial score (nSPS) is 25.3. The van der Waals surface area contributed by atoms with Crippen LogP contribution in [0, 0.1) is 0 Å². The highest BCUT2D eigenvalue weighted by atomic mass is 35.5. The van der Waals surface area contributed by atoms with Crippen LogP contribution in [-0.2, 0) is 37.3 Å². The van der Waals surface area contributed by atoms with Crippen molar-refractivity contribution >= 4 is 50.2 Å². The van der Waals surface area contributed by atoms with Crippen LogP contribution in [0.4, 0.5) is 10.6 Å². The Balaban J connectivity index is 1.46. The van der Waals surface area contributed by atoms with Crippen molar-refractivity contribution in [2.75, 3.05) is 44.5 Å². The number of amides is 1. The summed E-state index contributed by atoms with van der Waals surface area (Å²) in [6.45, 7) is 12.9. The van der Waals surface area contributed by atoms with Crippen LogP contribution in [0.25, 0.3) is 11.0 Å². The molecule has 50 heavy (non-hydrogen) atoms. The van der Waals surface area contributed by atoms with E-state index in [0.29, 0.717) is 24.8 Å². The Morgan fingerprint density at radius 1 is 1.16 bits per heavy atom. The molecular weight excluding hydrogens is 713 g/mol. The SMILES string of the molecule is CCOP(=O)(OCC)C(CO)(COCC[Si](C)(C)C)OC[C@H]1O[C@@H](n2ncc3c(N(C(=O)O)C4CCCC4)nc(Cl)nc32)[C@@H]2OC(C)(C)O[C@@H]21. The van der Waals surface area contributed by atoms with Gasteiger partial charge in [-0.3, -0.25) is 9.46 Å². The maximum absolute atomic E-state index is 14.3. The molecule has 282 valence electrons. The third-order valence-corrected chi connectivity index (χ3v) is 13.5. The van der Waals surface area contributed by atoms with Gasteiger partial charge < -0.3 is 42.9 Å². The third-order valence-electron chi connectivity index (χ3n) is 9.08. The molecule has 4 heterocycles.